The Morgan fingerprint density at radius 3 is 2.15 bits per heavy atom. The fourth-order valence-corrected chi connectivity index (χ4v) is 1.01. The molecule has 0 aromatic heterocycles. The molecule has 0 saturated carbocycles. The van der Waals surface area contributed by atoms with Crippen molar-refractivity contribution in [3.8, 4) is 0 Å². The van der Waals surface area contributed by atoms with Gasteiger partial charge in [-0.1, -0.05) is 25.8 Å². The molecule has 0 bridgehead atoms. The molecule has 0 rings (SSSR count). The minimum Gasteiger partial charge on any atom is -0.169 e. The zero-order valence-electron chi connectivity index (χ0n) is 8.04. The summed E-state index contributed by atoms with van der Waals surface area (Å²) in [5, 5.41) is 0. The molecule has 84 valence electrons. The summed E-state index contributed by atoms with van der Waals surface area (Å²) in [5.74, 6) is 0. The van der Waals surface area contributed by atoms with Crippen LogP contribution >= 0.6 is 9.24 Å². The first-order chi connectivity index (χ1) is 4.91. The molecule has 0 heterocycles. The van der Waals surface area contributed by atoms with Crippen LogP contribution in [-0.2, 0) is 0 Å². The first-order valence-electron chi connectivity index (χ1n) is 4.17. The number of hydrogen-bond donors (Lipinski definition) is 0. The van der Waals surface area contributed by atoms with Crippen molar-refractivity contribution in [2.75, 3.05) is 0 Å². The molecule has 0 aliphatic carbocycles. The van der Waals surface area contributed by atoms with E-state index in [1.54, 1.807) is 0 Å². The van der Waals surface area contributed by atoms with Crippen LogP contribution in [-0.4, -0.2) is 0 Å². The van der Waals surface area contributed by atoms with Crippen molar-refractivity contribution in [3.05, 3.63) is 18.3 Å². The van der Waals surface area contributed by atoms with Gasteiger partial charge >= 0.3 is 0 Å². The Morgan fingerprint density at radius 2 is 1.69 bits per heavy atom. The third kappa shape index (κ3) is 25.9. The summed E-state index contributed by atoms with van der Waals surface area (Å²) < 4.78 is 0. The zero-order valence-corrected chi connectivity index (χ0v) is 11.6. The first-order valence-corrected chi connectivity index (χ1v) is 4.99. The van der Waals surface area contributed by atoms with Gasteiger partial charge in [0.2, 0.25) is 0 Å². The van der Waals surface area contributed by atoms with Gasteiger partial charge in [0, 0.05) is 113 Å². The molecule has 13 heavy (non-hydrogen) atoms. The monoisotopic (exact) mass is 278 g/mol. The molecular formula is C9H19Ar3P. The number of hydrogen-bond acceptors (Lipinski definition) is 0. The van der Waals surface area contributed by atoms with E-state index in [-0.39, 0.29) is 113 Å². The minimum absolute atomic E-state index is 0. The van der Waals surface area contributed by atoms with E-state index >= 15 is 0 Å². The summed E-state index contributed by atoms with van der Waals surface area (Å²) >= 11 is 0. The van der Waals surface area contributed by atoms with Crippen LogP contribution in [0, 0.1) is 119 Å². The fourth-order valence-electron chi connectivity index (χ4n) is 0.822. The second-order valence-electron chi connectivity index (χ2n) is 2.49. The van der Waals surface area contributed by atoms with E-state index in [1.807, 2.05) is 9.24 Å². The van der Waals surface area contributed by atoms with E-state index in [4.69, 9.17) is 0 Å². The second kappa shape index (κ2) is 25.0. The molecule has 0 nitrogen and oxygen atoms in total. The van der Waals surface area contributed by atoms with Crippen LogP contribution in [0.1, 0.15) is 39.0 Å². The average molecular weight is 278 g/mol. The van der Waals surface area contributed by atoms with Crippen LogP contribution in [0.4, 0.5) is 0 Å². The minimum atomic E-state index is 0. The third-order valence-corrected chi connectivity index (χ3v) is 1.78. The predicted molar refractivity (Wildman–Crippen MR) is 53.3 cm³/mol. The van der Waals surface area contributed by atoms with Crippen LogP contribution in [0.3, 0.4) is 0 Å². The molecule has 0 spiro atoms. The first kappa shape index (κ1) is 25.7. The summed E-state index contributed by atoms with van der Waals surface area (Å²) in [5.41, 5.74) is 0. The maximum atomic E-state index is 2.29. The van der Waals surface area contributed by atoms with Crippen molar-refractivity contribution in [3.63, 3.8) is 0 Å². The van der Waals surface area contributed by atoms with Crippen LogP contribution < -0.4 is 0 Å². The van der Waals surface area contributed by atoms with Crippen molar-refractivity contribution in [1.82, 2.24) is 0 Å². The molecule has 4 heteroatoms. The number of unbranched alkanes of at least 4 members (excludes halogenated alkanes) is 3. The van der Waals surface area contributed by atoms with Crippen molar-refractivity contribution in [2.24, 2.45) is 0 Å². The SMILES string of the molecule is CCCCC/C=C\C[CH-][PH3+].[Ar].[Ar].[Ar]. The van der Waals surface area contributed by atoms with Gasteiger partial charge in [-0.15, -0.1) is 12.5 Å². The average Bonchev–Trinajstić information content (AvgIpc) is 1.97. The Hall–Kier alpha value is 3.95. The Balaban J connectivity index is -0.000000135. The van der Waals surface area contributed by atoms with Crippen molar-refractivity contribution in [1.29, 1.82) is 0 Å². The molecule has 0 N–H and O–H groups in total. The van der Waals surface area contributed by atoms with Crippen molar-refractivity contribution >= 4 is 9.24 Å². The van der Waals surface area contributed by atoms with Crippen LogP contribution in [0.5, 0.6) is 0 Å². The van der Waals surface area contributed by atoms with Gasteiger partial charge in [-0.05, 0) is 12.8 Å². The zero-order chi connectivity index (χ0) is 7.66. The van der Waals surface area contributed by atoms with Gasteiger partial charge in [-0.25, -0.2) is 0 Å². The van der Waals surface area contributed by atoms with E-state index in [0.29, 0.717) is 0 Å². The van der Waals surface area contributed by atoms with Crippen LogP contribution in [0.15, 0.2) is 12.2 Å². The quantitative estimate of drug-likeness (QED) is 0.303. The molecule has 0 aromatic carbocycles. The van der Waals surface area contributed by atoms with E-state index in [1.165, 1.54) is 25.7 Å². The van der Waals surface area contributed by atoms with Gasteiger partial charge in [0.05, 0.1) is 0 Å². The van der Waals surface area contributed by atoms with Crippen LogP contribution in [0.2, 0.25) is 0 Å². The summed E-state index contributed by atoms with van der Waals surface area (Å²) in [7, 11) is 1.92. The predicted octanol–water partition coefficient (Wildman–Crippen LogP) is 3.28. The van der Waals surface area contributed by atoms with E-state index < -0.39 is 0 Å². The molecule has 0 fully saturated rings. The fraction of sp³-hybridized carbons (Fsp3) is 0.667. The van der Waals surface area contributed by atoms with Crippen LogP contribution in [0.25, 0.3) is 0 Å². The van der Waals surface area contributed by atoms with Gasteiger partial charge in [-0.2, -0.15) is 15.4 Å². The molecule has 0 aliphatic heterocycles. The van der Waals surface area contributed by atoms with E-state index in [0.717, 1.165) is 6.42 Å². The Kier molecular flexibility index (Phi) is 49.4. The van der Waals surface area contributed by atoms with Crippen molar-refractivity contribution in [2.45, 2.75) is 39.0 Å². The molecular weight excluding hydrogens is 259 g/mol. The summed E-state index contributed by atoms with van der Waals surface area (Å²) in [6, 6.07) is 0. The number of rotatable bonds is 6. The Labute approximate surface area is 176 Å². The molecule has 1 unspecified atom stereocenters. The van der Waals surface area contributed by atoms with E-state index in [9.17, 15) is 0 Å². The molecule has 0 saturated heterocycles. The molecule has 1 atom stereocenters. The summed E-state index contributed by atoms with van der Waals surface area (Å²) in [6.07, 6.45) is 13.2. The second-order valence-corrected chi connectivity index (χ2v) is 3.07. The largest absolute Gasteiger partial charge is 0.169 e. The normalized spacial score (nSPS) is 8.69. The summed E-state index contributed by atoms with van der Waals surface area (Å²) in [4.78, 5) is 0. The standard InChI is InChI=1S/C9H19P.3Ar/c1-2-3-4-5-6-7-8-9-10;;;/h6-7,9H,2-5,8H2,1,10H3;;;/b7-6-;;;. The maximum absolute atomic E-state index is 2.29. The van der Waals surface area contributed by atoms with E-state index in [2.05, 4.69) is 25.2 Å². The molecule has 0 aromatic rings. The Morgan fingerprint density at radius 1 is 1.08 bits per heavy atom. The smallest absolute Gasteiger partial charge is 0 e. The van der Waals surface area contributed by atoms with Gasteiger partial charge in [0.15, 0.2) is 0 Å². The van der Waals surface area contributed by atoms with Gasteiger partial charge in [-0.3, -0.25) is 0 Å². The van der Waals surface area contributed by atoms with Gasteiger partial charge < -0.3 is 0 Å². The topological polar surface area (TPSA) is 0 Å². The maximum Gasteiger partial charge on any atom is 0 e. The van der Waals surface area contributed by atoms with Crippen molar-refractivity contribution < 1.29 is 113 Å². The third-order valence-electron chi connectivity index (χ3n) is 1.44. The molecule has 0 amide bonds. The van der Waals surface area contributed by atoms with Gasteiger partial charge in [0.1, 0.15) is 0 Å². The Bertz CT molecular complexity index is 86.9. The summed E-state index contributed by atoms with van der Waals surface area (Å²) in [6.45, 7) is 2.24. The molecule has 0 aliphatic rings. The number of allylic oxidation sites excluding steroid dienone is 2. The molecule has 0 radical (unpaired) electrons. The van der Waals surface area contributed by atoms with Gasteiger partial charge in [0.25, 0.3) is 0 Å².